The molecular weight excluding hydrogens is 352 g/mol. The molecule has 0 saturated heterocycles. The fourth-order valence-electron chi connectivity index (χ4n) is 3.74. The summed E-state index contributed by atoms with van der Waals surface area (Å²) in [6.07, 6.45) is 7.73. The zero-order valence-corrected chi connectivity index (χ0v) is 16.2. The second kappa shape index (κ2) is 10.1. The van der Waals surface area contributed by atoms with Gasteiger partial charge in [-0.25, -0.2) is 4.79 Å². The van der Waals surface area contributed by atoms with Crippen LogP contribution >= 0.6 is 0 Å². The number of hydrogen-bond acceptors (Lipinski definition) is 4. The van der Waals surface area contributed by atoms with Crippen molar-refractivity contribution in [2.24, 2.45) is 0 Å². The molecule has 4 nitrogen and oxygen atoms in total. The molecule has 0 aliphatic heterocycles. The first-order valence-corrected chi connectivity index (χ1v) is 9.97. The molecule has 1 fully saturated rings. The number of ether oxygens (including phenoxy) is 2. The van der Waals surface area contributed by atoms with Gasteiger partial charge in [0, 0.05) is 11.6 Å². The third kappa shape index (κ3) is 5.23. The summed E-state index contributed by atoms with van der Waals surface area (Å²) in [5, 5.41) is 9.56. The van der Waals surface area contributed by atoms with Crippen molar-refractivity contribution in [3.8, 4) is 16.9 Å². The van der Waals surface area contributed by atoms with Crippen molar-refractivity contribution in [2.45, 2.75) is 44.6 Å². The molecule has 0 amide bonds. The minimum Gasteiger partial charge on any atom is -0.490 e. The summed E-state index contributed by atoms with van der Waals surface area (Å²) >= 11 is 0. The topological polar surface area (TPSA) is 55.8 Å². The normalized spacial score (nSPS) is 14.5. The summed E-state index contributed by atoms with van der Waals surface area (Å²) in [5.74, 6) is 0.820. The summed E-state index contributed by atoms with van der Waals surface area (Å²) in [5.41, 5.74) is 4.28. The van der Waals surface area contributed by atoms with Crippen molar-refractivity contribution in [3.05, 3.63) is 66.2 Å². The van der Waals surface area contributed by atoms with E-state index in [0.717, 1.165) is 17.2 Å². The van der Waals surface area contributed by atoms with E-state index < -0.39 is 5.97 Å². The lowest BCUT2D eigenvalue weighted by Gasteiger charge is -2.22. The minimum atomic E-state index is -0.474. The van der Waals surface area contributed by atoms with Crippen LogP contribution in [0.15, 0.2) is 55.1 Å². The Hall–Kier alpha value is -2.59. The van der Waals surface area contributed by atoms with Gasteiger partial charge >= 0.3 is 5.97 Å². The molecule has 4 heteroatoms. The lowest BCUT2D eigenvalue weighted by atomic mass is 9.83. The summed E-state index contributed by atoms with van der Waals surface area (Å²) in [4.78, 5) is 11.1. The number of aliphatic hydroxyl groups is 1. The van der Waals surface area contributed by atoms with Crippen LogP contribution in [-0.2, 0) is 16.1 Å². The SMILES string of the molecule is C=CC(=O)OCCOc1cc(-c2ccc(C3CCCCC3)cc2)ccc1CO. The van der Waals surface area contributed by atoms with E-state index in [9.17, 15) is 9.90 Å². The van der Waals surface area contributed by atoms with Crippen molar-refractivity contribution >= 4 is 5.97 Å². The Morgan fingerprint density at radius 3 is 2.43 bits per heavy atom. The van der Waals surface area contributed by atoms with Crippen LogP contribution in [0.1, 0.15) is 49.1 Å². The maximum Gasteiger partial charge on any atom is 0.330 e. The average molecular weight is 380 g/mol. The van der Waals surface area contributed by atoms with Crippen LogP contribution in [0.4, 0.5) is 0 Å². The van der Waals surface area contributed by atoms with Gasteiger partial charge in [0.1, 0.15) is 19.0 Å². The molecule has 1 saturated carbocycles. The minimum absolute atomic E-state index is 0.108. The highest BCUT2D eigenvalue weighted by Gasteiger charge is 2.15. The third-order valence-electron chi connectivity index (χ3n) is 5.31. The molecule has 1 aliphatic rings. The fourth-order valence-corrected chi connectivity index (χ4v) is 3.74. The maximum atomic E-state index is 11.1. The van der Waals surface area contributed by atoms with Crippen LogP contribution in [0, 0.1) is 0 Å². The number of benzene rings is 2. The summed E-state index contributed by atoms with van der Waals surface area (Å²) < 4.78 is 10.7. The second-order valence-electron chi connectivity index (χ2n) is 7.16. The van der Waals surface area contributed by atoms with Crippen molar-refractivity contribution in [3.63, 3.8) is 0 Å². The molecule has 2 aromatic rings. The lowest BCUT2D eigenvalue weighted by molar-refractivity contribution is -0.138. The summed E-state index contributed by atoms with van der Waals surface area (Å²) in [7, 11) is 0. The Morgan fingerprint density at radius 2 is 1.75 bits per heavy atom. The highest BCUT2D eigenvalue weighted by molar-refractivity contribution is 5.81. The van der Waals surface area contributed by atoms with Gasteiger partial charge in [-0.05, 0) is 41.5 Å². The van der Waals surface area contributed by atoms with E-state index in [2.05, 4.69) is 30.8 Å². The van der Waals surface area contributed by atoms with Gasteiger partial charge in [-0.3, -0.25) is 0 Å². The second-order valence-corrected chi connectivity index (χ2v) is 7.16. The largest absolute Gasteiger partial charge is 0.490 e. The molecule has 148 valence electrons. The zero-order valence-electron chi connectivity index (χ0n) is 16.2. The van der Waals surface area contributed by atoms with Gasteiger partial charge in [-0.15, -0.1) is 0 Å². The van der Waals surface area contributed by atoms with Crippen LogP contribution in [0.5, 0.6) is 5.75 Å². The van der Waals surface area contributed by atoms with Crippen molar-refractivity contribution in [1.82, 2.24) is 0 Å². The van der Waals surface area contributed by atoms with E-state index in [1.807, 2.05) is 18.2 Å². The molecule has 3 rings (SSSR count). The Kier molecular flexibility index (Phi) is 7.26. The number of esters is 1. The van der Waals surface area contributed by atoms with E-state index >= 15 is 0 Å². The molecule has 28 heavy (non-hydrogen) atoms. The standard InChI is InChI=1S/C24H28O4/c1-2-24(26)28-15-14-27-23-16-21(12-13-22(23)17-25)20-10-8-19(9-11-20)18-6-4-3-5-7-18/h2,8-13,16,18,25H,1,3-7,14-15,17H2. The molecule has 0 radical (unpaired) electrons. The molecule has 0 bridgehead atoms. The molecule has 1 aliphatic carbocycles. The highest BCUT2D eigenvalue weighted by atomic mass is 16.6. The molecule has 0 heterocycles. The van der Waals surface area contributed by atoms with Gasteiger partial charge in [-0.2, -0.15) is 0 Å². The molecular formula is C24H28O4. The Bertz CT molecular complexity index is 789. The predicted molar refractivity (Wildman–Crippen MR) is 110 cm³/mol. The highest BCUT2D eigenvalue weighted by Crippen LogP contribution is 2.34. The van der Waals surface area contributed by atoms with Crippen LogP contribution in [0.25, 0.3) is 11.1 Å². The lowest BCUT2D eigenvalue weighted by Crippen LogP contribution is -2.11. The van der Waals surface area contributed by atoms with Gasteiger partial charge in [-0.1, -0.05) is 62.2 Å². The molecule has 0 aromatic heterocycles. The monoisotopic (exact) mass is 380 g/mol. The summed E-state index contributed by atoms with van der Waals surface area (Å²) in [6, 6.07) is 14.6. The van der Waals surface area contributed by atoms with E-state index in [1.165, 1.54) is 37.7 Å². The zero-order chi connectivity index (χ0) is 19.8. The Morgan fingerprint density at radius 1 is 1.04 bits per heavy atom. The van der Waals surface area contributed by atoms with Crippen LogP contribution in [-0.4, -0.2) is 24.3 Å². The van der Waals surface area contributed by atoms with E-state index in [1.54, 1.807) is 0 Å². The molecule has 0 unspecified atom stereocenters. The van der Waals surface area contributed by atoms with Gasteiger partial charge in [0.05, 0.1) is 6.61 Å². The quantitative estimate of drug-likeness (QED) is 0.398. The number of carbonyl (C=O) groups is 1. The molecule has 1 N–H and O–H groups in total. The number of hydrogen-bond donors (Lipinski definition) is 1. The first-order chi connectivity index (χ1) is 13.7. The van der Waals surface area contributed by atoms with Crippen LogP contribution < -0.4 is 4.74 Å². The first kappa shape index (κ1) is 20.2. The van der Waals surface area contributed by atoms with Crippen molar-refractivity contribution in [2.75, 3.05) is 13.2 Å². The molecule has 0 atom stereocenters. The number of aliphatic hydroxyl groups excluding tert-OH is 1. The number of carbonyl (C=O) groups excluding carboxylic acids is 1. The van der Waals surface area contributed by atoms with Crippen molar-refractivity contribution < 1.29 is 19.4 Å². The Balaban J connectivity index is 1.69. The van der Waals surface area contributed by atoms with Gasteiger partial charge in [0.15, 0.2) is 0 Å². The van der Waals surface area contributed by atoms with Gasteiger partial charge in [0.25, 0.3) is 0 Å². The smallest absolute Gasteiger partial charge is 0.330 e. The van der Waals surface area contributed by atoms with Crippen molar-refractivity contribution in [1.29, 1.82) is 0 Å². The Labute approximate surface area is 166 Å². The van der Waals surface area contributed by atoms with E-state index in [4.69, 9.17) is 9.47 Å². The van der Waals surface area contributed by atoms with E-state index in [0.29, 0.717) is 17.2 Å². The molecule has 2 aromatic carbocycles. The maximum absolute atomic E-state index is 11.1. The van der Waals surface area contributed by atoms with Gasteiger partial charge < -0.3 is 14.6 Å². The third-order valence-corrected chi connectivity index (χ3v) is 5.31. The number of rotatable bonds is 8. The molecule has 0 spiro atoms. The first-order valence-electron chi connectivity index (χ1n) is 9.97. The van der Waals surface area contributed by atoms with Crippen LogP contribution in [0.3, 0.4) is 0 Å². The fraction of sp³-hybridized carbons (Fsp3) is 0.375. The van der Waals surface area contributed by atoms with Gasteiger partial charge in [0.2, 0.25) is 0 Å². The predicted octanol–water partition coefficient (Wildman–Crippen LogP) is 5.00. The van der Waals surface area contributed by atoms with E-state index in [-0.39, 0.29) is 19.8 Å². The summed E-state index contributed by atoms with van der Waals surface area (Å²) in [6.45, 7) is 3.60. The van der Waals surface area contributed by atoms with Crippen LogP contribution in [0.2, 0.25) is 0 Å². The average Bonchev–Trinajstić information content (AvgIpc) is 2.77.